The molecule has 3 rings (SSSR count). The lowest BCUT2D eigenvalue weighted by Crippen LogP contribution is -2.20. The molecule has 1 aromatic heterocycles. The Morgan fingerprint density at radius 1 is 1.33 bits per heavy atom. The number of nitrogens with two attached hydrogens (primary N) is 1. The number of carbonyl (C=O) groups excluding carboxylic acids is 1. The van der Waals surface area contributed by atoms with Crippen LogP contribution < -0.4 is 11.1 Å². The molecule has 0 unspecified atom stereocenters. The fourth-order valence-corrected chi connectivity index (χ4v) is 3.08. The van der Waals surface area contributed by atoms with Crippen molar-refractivity contribution in [2.24, 2.45) is 0 Å². The summed E-state index contributed by atoms with van der Waals surface area (Å²) < 4.78 is 0. The van der Waals surface area contributed by atoms with Gasteiger partial charge < -0.3 is 11.1 Å². The Kier molecular flexibility index (Phi) is 4.17. The van der Waals surface area contributed by atoms with Crippen molar-refractivity contribution < 1.29 is 4.79 Å². The molecule has 1 aliphatic rings. The van der Waals surface area contributed by atoms with Gasteiger partial charge in [0.15, 0.2) is 5.13 Å². The van der Waals surface area contributed by atoms with Gasteiger partial charge in [-0.3, -0.25) is 9.69 Å². The number of amides is 1. The number of nitrogens with zero attached hydrogens (tertiary/aromatic N) is 2. The van der Waals surface area contributed by atoms with Gasteiger partial charge in [-0.2, -0.15) is 0 Å². The smallest absolute Gasteiger partial charge is 0.275 e. The highest BCUT2D eigenvalue weighted by Gasteiger charge is 2.15. The monoisotopic (exact) mass is 302 g/mol. The number of rotatable bonds is 4. The second-order valence-corrected chi connectivity index (χ2v) is 6.06. The largest absolute Gasteiger partial charge is 0.375 e. The lowest BCUT2D eigenvalue weighted by atomic mass is 10.1. The lowest BCUT2D eigenvalue weighted by molar-refractivity contribution is 0.102. The van der Waals surface area contributed by atoms with E-state index in [0.717, 1.165) is 30.9 Å². The second kappa shape index (κ2) is 6.24. The molecule has 0 atom stereocenters. The van der Waals surface area contributed by atoms with Crippen molar-refractivity contribution in [2.45, 2.75) is 19.4 Å². The summed E-state index contributed by atoms with van der Waals surface area (Å²) in [6, 6.07) is 7.92. The number of benzene rings is 1. The predicted octanol–water partition coefficient (Wildman–Crippen LogP) is 2.57. The molecule has 1 fully saturated rings. The lowest BCUT2D eigenvalue weighted by Gasteiger charge is -2.17. The molecule has 21 heavy (non-hydrogen) atoms. The van der Waals surface area contributed by atoms with Gasteiger partial charge in [0, 0.05) is 17.6 Å². The number of aromatic nitrogens is 1. The molecular weight excluding hydrogens is 284 g/mol. The second-order valence-electron chi connectivity index (χ2n) is 5.17. The molecule has 1 aliphatic heterocycles. The highest BCUT2D eigenvalue weighted by atomic mass is 32.1. The first-order valence-electron chi connectivity index (χ1n) is 7.05. The normalized spacial score (nSPS) is 15.2. The van der Waals surface area contributed by atoms with E-state index in [4.69, 9.17) is 5.73 Å². The maximum Gasteiger partial charge on any atom is 0.275 e. The number of likely N-dealkylation sites (tertiary alicyclic amines) is 1. The van der Waals surface area contributed by atoms with Crippen LogP contribution in [-0.4, -0.2) is 28.9 Å². The highest BCUT2D eigenvalue weighted by Crippen LogP contribution is 2.21. The van der Waals surface area contributed by atoms with Crippen LogP contribution in [0.1, 0.15) is 28.9 Å². The van der Waals surface area contributed by atoms with Crippen LogP contribution in [-0.2, 0) is 6.54 Å². The Bertz CT molecular complexity index is 634. The molecule has 0 saturated carbocycles. The fourth-order valence-electron chi connectivity index (χ4n) is 2.54. The van der Waals surface area contributed by atoms with Crippen molar-refractivity contribution in [2.75, 3.05) is 24.1 Å². The zero-order valence-corrected chi connectivity index (χ0v) is 12.5. The Morgan fingerprint density at radius 3 is 2.81 bits per heavy atom. The van der Waals surface area contributed by atoms with E-state index in [0.29, 0.717) is 10.8 Å². The van der Waals surface area contributed by atoms with Crippen LogP contribution in [0.2, 0.25) is 0 Å². The number of nitrogens with one attached hydrogen (secondary N) is 1. The Hall–Kier alpha value is -1.92. The standard InChI is InChI=1S/C15H18N4OS/c16-15-18-13(10-21-15)14(20)17-12-6-2-1-5-11(12)9-19-7-3-4-8-19/h1-2,5-6,10H,3-4,7-9H2,(H2,16,18)(H,17,20). The molecule has 1 saturated heterocycles. The molecule has 2 heterocycles. The van der Waals surface area contributed by atoms with Crippen molar-refractivity contribution in [1.29, 1.82) is 0 Å². The summed E-state index contributed by atoms with van der Waals surface area (Å²) in [7, 11) is 0. The molecular formula is C15H18N4OS. The fraction of sp³-hybridized carbons (Fsp3) is 0.333. The van der Waals surface area contributed by atoms with Crippen LogP contribution in [0, 0.1) is 0 Å². The summed E-state index contributed by atoms with van der Waals surface area (Å²) in [6.07, 6.45) is 2.51. The van der Waals surface area contributed by atoms with E-state index < -0.39 is 0 Å². The van der Waals surface area contributed by atoms with E-state index in [9.17, 15) is 4.79 Å². The predicted molar refractivity (Wildman–Crippen MR) is 85.4 cm³/mol. The van der Waals surface area contributed by atoms with Crippen LogP contribution in [0.5, 0.6) is 0 Å². The van der Waals surface area contributed by atoms with Crippen LogP contribution in [0.3, 0.4) is 0 Å². The topological polar surface area (TPSA) is 71.2 Å². The van der Waals surface area contributed by atoms with E-state index >= 15 is 0 Å². The number of nitrogen functional groups attached to an aromatic ring is 1. The van der Waals surface area contributed by atoms with Gasteiger partial charge in [-0.25, -0.2) is 4.98 Å². The third-order valence-corrected chi connectivity index (χ3v) is 4.29. The number of carbonyl (C=O) groups is 1. The first-order valence-corrected chi connectivity index (χ1v) is 7.93. The molecule has 0 bridgehead atoms. The van der Waals surface area contributed by atoms with Crippen molar-refractivity contribution in [3.8, 4) is 0 Å². The number of thiazole rings is 1. The molecule has 110 valence electrons. The van der Waals surface area contributed by atoms with Crippen molar-refractivity contribution >= 4 is 28.1 Å². The van der Waals surface area contributed by atoms with Gasteiger partial charge in [0.05, 0.1) is 0 Å². The summed E-state index contributed by atoms with van der Waals surface area (Å²) in [5, 5.41) is 5.02. The van der Waals surface area contributed by atoms with Gasteiger partial charge in [-0.1, -0.05) is 18.2 Å². The third-order valence-electron chi connectivity index (χ3n) is 3.61. The minimum absolute atomic E-state index is 0.211. The Morgan fingerprint density at radius 2 is 2.10 bits per heavy atom. The molecule has 0 radical (unpaired) electrons. The van der Waals surface area contributed by atoms with Gasteiger partial charge in [0.1, 0.15) is 5.69 Å². The van der Waals surface area contributed by atoms with E-state index in [1.54, 1.807) is 5.38 Å². The summed E-state index contributed by atoms with van der Waals surface area (Å²) in [6.45, 7) is 3.13. The van der Waals surface area contributed by atoms with Crippen molar-refractivity contribution in [1.82, 2.24) is 9.88 Å². The summed E-state index contributed by atoms with van der Waals surface area (Å²) in [4.78, 5) is 18.6. The molecule has 0 aliphatic carbocycles. The van der Waals surface area contributed by atoms with Gasteiger partial charge >= 0.3 is 0 Å². The molecule has 1 aromatic carbocycles. The number of para-hydroxylation sites is 1. The summed E-state index contributed by atoms with van der Waals surface area (Å²) in [5.41, 5.74) is 7.92. The minimum atomic E-state index is -0.211. The van der Waals surface area contributed by atoms with Gasteiger partial charge in [0.2, 0.25) is 0 Å². The zero-order valence-electron chi connectivity index (χ0n) is 11.7. The Labute approximate surface area is 127 Å². The number of hydrogen-bond donors (Lipinski definition) is 2. The first-order chi connectivity index (χ1) is 10.2. The van der Waals surface area contributed by atoms with E-state index in [1.807, 2.05) is 18.2 Å². The molecule has 6 heteroatoms. The van der Waals surface area contributed by atoms with Crippen LogP contribution >= 0.6 is 11.3 Å². The molecule has 3 N–H and O–H groups in total. The van der Waals surface area contributed by atoms with E-state index in [2.05, 4.69) is 21.3 Å². The number of hydrogen-bond acceptors (Lipinski definition) is 5. The Balaban J connectivity index is 1.73. The van der Waals surface area contributed by atoms with Gasteiger partial charge in [0.25, 0.3) is 5.91 Å². The quantitative estimate of drug-likeness (QED) is 0.910. The molecule has 0 spiro atoms. The summed E-state index contributed by atoms with van der Waals surface area (Å²) >= 11 is 1.27. The maximum atomic E-state index is 12.2. The number of anilines is 2. The SMILES string of the molecule is Nc1nc(C(=O)Nc2ccccc2CN2CCCC2)cs1. The molecule has 2 aromatic rings. The van der Waals surface area contributed by atoms with Crippen LogP contribution in [0.25, 0.3) is 0 Å². The van der Waals surface area contributed by atoms with Crippen LogP contribution in [0.15, 0.2) is 29.6 Å². The average Bonchev–Trinajstić information content (AvgIpc) is 3.12. The van der Waals surface area contributed by atoms with Crippen LogP contribution in [0.4, 0.5) is 10.8 Å². The molecule has 1 amide bonds. The first kappa shape index (κ1) is 14.0. The highest BCUT2D eigenvalue weighted by molar-refractivity contribution is 7.13. The molecule has 5 nitrogen and oxygen atoms in total. The van der Waals surface area contributed by atoms with E-state index in [1.165, 1.54) is 24.2 Å². The maximum absolute atomic E-state index is 12.2. The van der Waals surface area contributed by atoms with E-state index in [-0.39, 0.29) is 5.91 Å². The van der Waals surface area contributed by atoms with Crippen molar-refractivity contribution in [3.63, 3.8) is 0 Å². The average molecular weight is 302 g/mol. The van der Waals surface area contributed by atoms with Gasteiger partial charge in [-0.15, -0.1) is 11.3 Å². The third kappa shape index (κ3) is 3.40. The minimum Gasteiger partial charge on any atom is -0.375 e. The van der Waals surface area contributed by atoms with Gasteiger partial charge in [-0.05, 0) is 37.6 Å². The summed E-state index contributed by atoms with van der Waals surface area (Å²) in [5.74, 6) is -0.211. The zero-order chi connectivity index (χ0) is 14.7. The van der Waals surface area contributed by atoms with Crippen molar-refractivity contribution in [3.05, 3.63) is 40.9 Å².